The Balaban J connectivity index is 1.46. The van der Waals surface area contributed by atoms with Crippen molar-refractivity contribution in [3.8, 4) is 23.0 Å². The number of ether oxygens (including phenoxy) is 5. The molecule has 4 atom stereocenters. The van der Waals surface area contributed by atoms with Crippen molar-refractivity contribution >= 4 is 17.6 Å². The third kappa shape index (κ3) is 5.25. The van der Waals surface area contributed by atoms with E-state index in [4.69, 9.17) is 23.7 Å². The van der Waals surface area contributed by atoms with Crippen molar-refractivity contribution < 1.29 is 48.3 Å². The average molecular weight is 537 g/mol. The first-order chi connectivity index (χ1) is 18.2. The third-order valence-corrected chi connectivity index (χ3v) is 7.26. The van der Waals surface area contributed by atoms with Crippen LogP contribution in [0.3, 0.4) is 0 Å². The van der Waals surface area contributed by atoms with E-state index in [0.29, 0.717) is 48.7 Å². The van der Waals surface area contributed by atoms with Gasteiger partial charge in [-0.1, -0.05) is 13.8 Å². The molecule has 2 aliphatic heterocycles. The number of fused-ring (bicyclic) bond motifs is 3. The van der Waals surface area contributed by atoms with Gasteiger partial charge in [0.25, 0.3) is 0 Å². The third-order valence-electron chi connectivity index (χ3n) is 7.26. The summed E-state index contributed by atoms with van der Waals surface area (Å²) >= 11 is 0. The van der Waals surface area contributed by atoms with Gasteiger partial charge >= 0.3 is 0 Å². The first-order valence-electron chi connectivity index (χ1n) is 12.8. The second-order valence-corrected chi connectivity index (χ2v) is 10.3. The van der Waals surface area contributed by atoms with E-state index in [0.717, 1.165) is 11.1 Å². The fourth-order valence-electron chi connectivity index (χ4n) is 5.13. The highest BCUT2D eigenvalue weighted by atomic mass is 16.7. The van der Waals surface area contributed by atoms with Gasteiger partial charge in [-0.25, -0.2) is 0 Å². The number of hydrogen-bond donors (Lipinski definition) is 4. The number of epoxide rings is 1. The molecule has 1 unspecified atom stereocenters. The number of aliphatic hydroxyl groups is 2. The molecule has 1 fully saturated rings. The zero-order chi connectivity index (χ0) is 27.6. The second-order valence-electron chi connectivity index (χ2n) is 10.3. The van der Waals surface area contributed by atoms with E-state index < -0.39 is 54.4 Å². The van der Waals surface area contributed by atoms with Gasteiger partial charge in [-0.15, -0.1) is 0 Å². The van der Waals surface area contributed by atoms with Crippen LogP contribution in [0.1, 0.15) is 37.8 Å². The number of amides is 2. The summed E-state index contributed by atoms with van der Waals surface area (Å²) in [5, 5.41) is 24.8. The Labute approximate surface area is 220 Å². The van der Waals surface area contributed by atoms with Gasteiger partial charge in [-0.05, 0) is 31.6 Å². The number of Topliss-reactive ketones (excluding diaryl/α,β-unsaturated/α-hetero) is 1. The first-order valence-corrected chi connectivity index (χ1v) is 12.8. The Morgan fingerprint density at radius 3 is 2.29 bits per heavy atom. The zero-order valence-electron chi connectivity index (χ0n) is 22.1. The van der Waals surface area contributed by atoms with E-state index >= 15 is 0 Å². The fraction of sp³-hybridized carbons (Fsp3) is 0.654. The molecule has 12 heteroatoms. The molecule has 1 aliphatic carbocycles. The number of carbonyl (C=O) groups excluding carboxylic acids is 3. The van der Waals surface area contributed by atoms with Gasteiger partial charge in [-0.2, -0.15) is 0 Å². The molecule has 0 bridgehead atoms. The summed E-state index contributed by atoms with van der Waals surface area (Å²) in [6.45, 7) is 2.78. The van der Waals surface area contributed by atoms with Gasteiger partial charge in [0.2, 0.25) is 30.1 Å². The number of hydrogen-bond acceptors (Lipinski definition) is 10. The highest BCUT2D eigenvalue weighted by Crippen LogP contribution is 2.54. The molecule has 2 amide bonds. The van der Waals surface area contributed by atoms with Gasteiger partial charge in [0.15, 0.2) is 22.9 Å². The fourth-order valence-corrected chi connectivity index (χ4v) is 5.13. The van der Waals surface area contributed by atoms with Gasteiger partial charge < -0.3 is 44.5 Å². The highest BCUT2D eigenvalue weighted by Gasteiger charge is 2.54. The number of rotatable bonds is 12. The van der Waals surface area contributed by atoms with E-state index in [2.05, 4.69) is 10.6 Å². The molecule has 0 saturated carbocycles. The van der Waals surface area contributed by atoms with E-state index in [1.54, 1.807) is 7.11 Å². The van der Waals surface area contributed by atoms with Crippen LogP contribution in [-0.4, -0.2) is 86.3 Å². The SMILES string of the molecule is COc1c2c(c3c(c1OC)OCO3)CC(C(=O)N[C@@H](CO)C(=O)N[C@@H](CC(C)C)C(=O)[C@@]1(CO)CO1)CC2. The van der Waals surface area contributed by atoms with Crippen molar-refractivity contribution in [3.05, 3.63) is 11.1 Å². The van der Waals surface area contributed by atoms with Crippen molar-refractivity contribution in [2.75, 3.05) is 40.8 Å². The predicted octanol–water partition coefficient (Wildman–Crippen LogP) is -0.124. The smallest absolute Gasteiger partial charge is 0.245 e. The van der Waals surface area contributed by atoms with Crippen molar-refractivity contribution in [2.45, 2.75) is 57.2 Å². The lowest BCUT2D eigenvalue weighted by Crippen LogP contribution is -2.56. The molecule has 0 radical (unpaired) electrons. The van der Waals surface area contributed by atoms with Crippen LogP contribution in [0.4, 0.5) is 0 Å². The van der Waals surface area contributed by atoms with Crippen LogP contribution in [0.2, 0.25) is 0 Å². The lowest BCUT2D eigenvalue weighted by atomic mass is 9.81. The summed E-state index contributed by atoms with van der Waals surface area (Å²) in [5.74, 6) is -0.0180. The maximum atomic E-state index is 13.2. The van der Waals surface area contributed by atoms with E-state index in [1.165, 1.54) is 7.11 Å². The van der Waals surface area contributed by atoms with Crippen molar-refractivity contribution in [2.24, 2.45) is 11.8 Å². The molecule has 2 heterocycles. The van der Waals surface area contributed by atoms with Gasteiger partial charge in [-0.3, -0.25) is 14.4 Å². The quantitative estimate of drug-likeness (QED) is 0.265. The minimum atomic E-state index is -1.30. The number of methoxy groups -OCH3 is 2. The minimum Gasteiger partial charge on any atom is -0.492 e. The molecular weight excluding hydrogens is 500 g/mol. The molecule has 1 aromatic rings. The largest absolute Gasteiger partial charge is 0.492 e. The van der Waals surface area contributed by atoms with Crippen LogP contribution in [-0.2, 0) is 32.0 Å². The Hall–Kier alpha value is -3.09. The molecule has 0 spiro atoms. The molecule has 12 nitrogen and oxygen atoms in total. The molecular formula is C26H36N2O10. The first kappa shape index (κ1) is 27.9. The maximum Gasteiger partial charge on any atom is 0.245 e. The molecule has 4 N–H and O–H groups in total. The van der Waals surface area contributed by atoms with Crippen molar-refractivity contribution in [1.82, 2.24) is 10.6 Å². The minimum absolute atomic E-state index is 0.0216. The van der Waals surface area contributed by atoms with E-state index in [-0.39, 0.29) is 19.3 Å². The Morgan fingerprint density at radius 1 is 1.03 bits per heavy atom. The van der Waals surface area contributed by atoms with Crippen LogP contribution >= 0.6 is 0 Å². The normalized spacial score (nSPS) is 22.8. The van der Waals surface area contributed by atoms with Crippen molar-refractivity contribution in [3.63, 3.8) is 0 Å². The van der Waals surface area contributed by atoms with Gasteiger partial charge in [0.05, 0.1) is 40.1 Å². The van der Waals surface area contributed by atoms with E-state index in [9.17, 15) is 24.6 Å². The number of nitrogens with one attached hydrogen (secondary N) is 2. The molecule has 1 aromatic carbocycles. The van der Waals surface area contributed by atoms with Crippen LogP contribution in [0, 0.1) is 11.8 Å². The molecule has 38 heavy (non-hydrogen) atoms. The summed E-state index contributed by atoms with van der Waals surface area (Å²) in [7, 11) is 3.06. The summed E-state index contributed by atoms with van der Waals surface area (Å²) in [6.07, 6.45) is 1.62. The average Bonchev–Trinajstić information content (AvgIpc) is 3.56. The highest BCUT2D eigenvalue weighted by molar-refractivity contribution is 5.98. The Morgan fingerprint density at radius 2 is 1.71 bits per heavy atom. The van der Waals surface area contributed by atoms with Gasteiger partial charge in [0.1, 0.15) is 6.04 Å². The standard InChI is InChI=1S/C26H36N2O10/c1-13(2)7-17(23(31)26(10-30)11-38-26)27-25(33)18(9-29)28-24(32)14-5-6-15-16(8-14)20-22(37-12-36-20)21(35-4)19(15)34-3/h13-14,17-18,29-30H,5-12H2,1-4H3,(H,27,33)(H,28,32)/t14?,17-,18-,26+/m0/s1. The Bertz CT molecular complexity index is 1080. The second kappa shape index (κ2) is 11.3. The molecule has 0 aromatic heterocycles. The maximum absolute atomic E-state index is 13.2. The van der Waals surface area contributed by atoms with Gasteiger partial charge in [0, 0.05) is 17.0 Å². The van der Waals surface area contributed by atoms with Crippen molar-refractivity contribution in [1.29, 1.82) is 0 Å². The molecule has 210 valence electrons. The summed E-state index contributed by atoms with van der Waals surface area (Å²) in [5.41, 5.74) is 0.368. The number of benzene rings is 1. The zero-order valence-corrected chi connectivity index (χ0v) is 22.1. The molecule has 1 saturated heterocycles. The summed E-state index contributed by atoms with van der Waals surface area (Å²) < 4.78 is 27.5. The van der Waals surface area contributed by atoms with Crippen LogP contribution in [0.5, 0.6) is 23.0 Å². The number of carbonyl (C=O) groups is 3. The molecule has 4 rings (SSSR count). The monoisotopic (exact) mass is 536 g/mol. The molecule has 3 aliphatic rings. The number of aliphatic hydroxyl groups excluding tert-OH is 2. The lowest BCUT2D eigenvalue weighted by Gasteiger charge is -2.29. The topological polar surface area (TPSA) is 165 Å². The predicted molar refractivity (Wildman–Crippen MR) is 132 cm³/mol. The van der Waals surface area contributed by atoms with Crippen LogP contribution < -0.4 is 29.6 Å². The Kier molecular flexibility index (Phi) is 8.34. The lowest BCUT2D eigenvalue weighted by molar-refractivity contribution is -0.135. The number of ketones is 1. The van der Waals surface area contributed by atoms with Crippen LogP contribution in [0.15, 0.2) is 0 Å². The van der Waals surface area contributed by atoms with Crippen LogP contribution in [0.25, 0.3) is 0 Å². The summed E-state index contributed by atoms with van der Waals surface area (Å²) in [4.78, 5) is 39.2. The summed E-state index contributed by atoms with van der Waals surface area (Å²) in [6, 6.07) is -2.18. The van der Waals surface area contributed by atoms with E-state index in [1.807, 2.05) is 13.8 Å².